The Labute approximate surface area is 94.2 Å². The number of hydrogen-bond donors (Lipinski definition) is 0. The third-order valence-corrected chi connectivity index (χ3v) is 3.03. The van der Waals surface area contributed by atoms with Gasteiger partial charge in [-0.05, 0) is 58.3 Å². The minimum Gasteiger partial charge on any atom is -0.306 e. The molecule has 0 atom stereocenters. The van der Waals surface area contributed by atoms with E-state index in [0.29, 0.717) is 0 Å². The Bertz CT molecular complexity index is 253. The fourth-order valence-corrected chi connectivity index (χ4v) is 2.07. The second-order valence-electron chi connectivity index (χ2n) is 4.27. The molecular weight excluding hydrogens is 182 g/mol. The van der Waals surface area contributed by atoms with E-state index >= 15 is 0 Å². The van der Waals surface area contributed by atoms with Gasteiger partial charge in [0.1, 0.15) is 0 Å². The van der Waals surface area contributed by atoms with Crippen molar-refractivity contribution in [2.75, 3.05) is 20.1 Å². The number of hydrogen-bond acceptors (Lipinski definition) is 1. The van der Waals surface area contributed by atoms with Gasteiger partial charge in [-0.25, -0.2) is 0 Å². The van der Waals surface area contributed by atoms with Gasteiger partial charge in [0.2, 0.25) is 0 Å². The monoisotopic (exact) mass is 205 g/mol. The van der Waals surface area contributed by atoms with Gasteiger partial charge in [0.25, 0.3) is 0 Å². The van der Waals surface area contributed by atoms with Crippen molar-refractivity contribution in [3.63, 3.8) is 0 Å². The molecule has 1 aliphatic rings. The van der Waals surface area contributed by atoms with Crippen LogP contribution in [-0.4, -0.2) is 25.0 Å². The molecule has 1 heteroatoms. The molecule has 0 aromatic carbocycles. The Morgan fingerprint density at radius 1 is 1.13 bits per heavy atom. The maximum absolute atomic E-state index is 2.42. The van der Waals surface area contributed by atoms with Gasteiger partial charge in [-0.2, -0.15) is 0 Å². The lowest BCUT2D eigenvalue weighted by Crippen LogP contribution is -2.30. The fraction of sp³-hybridized carbons (Fsp3) is 0.571. The molecule has 1 nitrogen and oxygen atoms in total. The summed E-state index contributed by atoms with van der Waals surface area (Å²) in [7, 11) is 2.21. The van der Waals surface area contributed by atoms with Crippen LogP contribution in [-0.2, 0) is 0 Å². The van der Waals surface area contributed by atoms with E-state index in [0.717, 1.165) is 5.92 Å². The number of likely N-dealkylation sites (tertiary alicyclic amines) is 1. The highest BCUT2D eigenvalue weighted by molar-refractivity contribution is 5.26. The summed E-state index contributed by atoms with van der Waals surface area (Å²) >= 11 is 0. The van der Waals surface area contributed by atoms with Crippen LogP contribution >= 0.6 is 0 Å². The van der Waals surface area contributed by atoms with Crippen molar-refractivity contribution in [1.82, 2.24) is 4.90 Å². The maximum atomic E-state index is 2.42. The third-order valence-electron chi connectivity index (χ3n) is 3.03. The molecule has 0 amide bonds. The van der Waals surface area contributed by atoms with E-state index in [2.05, 4.69) is 56.2 Å². The predicted molar refractivity (Wildman–Crippen MR) is 67.9 cm³/mol. The van der Waals surface area contributed by atoms with Gasteiger partial charge < -0.3 is 4.90 Å². The van der Waals surface area contributed by atoms with Crippen LogP contribution in [0, 0.1) is 5.92 Å². The van der Waals surface area contributed by atoms with Crippen LogP contribution < -0.4 is 0 Å². The molecule has 84 valence electrons. The van der Waals surface area contributed by atoms with Gasteiger partial charge in [-0.15, -0.1) is 0 Å². The van der Waals surface area contributed by atoms with Crippen molar-refractivity contribution in [3.05, 3.63) is 36.0 Å². The zero-order valence-corrected chi connectivity index (χ0v) is 10.2. The first kappa shape index (κ1) is 12.3. The second-order valence-corrected chi connectivity index (χ2v) is 4.27. The molecule has 15 heavy (non-hydrogen) atoms. The minimum absolute atomic E-state index is 0.758. The van der Waals surface area contributed by atoms with E-state index in [4.69, 9.17) is 0 Å². The number of nitrogens with zero attached hydrogens (tertiary/aromatic N) is 1. The number of rotatable bonds is 3. The Kier molecular flexibility index (Phi) is 5.41. The quantitative estimate of drug-likeness (QED) is 0.638. The Morgan fingerprint density at radius 2 is 1.80 bits per heavy atom. The molecule has 1 saturated heterocycles. The average Bonchev–Trinajstić information content (AvgIpc) is 2.25. The molecule has 1 fully saturated rings. The molecule has 0 aromatic rings. The summed E-state index contributed by atoms with van der Waals surface area (Å²) < 4.78 is 0. The van der Waals surface area contributed by atoms with Gasteiger partial charge in [0, 0.05) is 0 Å². The number of piperidine rings is 1. The molecule has 0 radical (unpaired) electrons. The average molecular weight is 205 g/mol. The van der Waals surface area contributed by atoms with Crippen molar-refractivity contribution >= 4 is 0 Å². The van der Waals surface area contributed by atoms with Gasteiger partial charge >= 0.3 is 0 Å². The third kappa shape index (κ3) is 4.05. The lowest BCUT2D eigenvalue weighted by Gasteiger charge is -2.29. The van der Waals surface area contributed by atoms with Crippen LogP contribution in [0.25, 0.3) is 0 Å². The van der Waals surface area contributed by atoms with Gasteiger partial charge in [0.05, 0.1) is 0 Å². The molecule has 0 spiro atoms. The molecular formula is C14H23N. The van der Waals surface area contributed by atoms with Crippen molar-refractivity contribution in [3.8, 4) is 0 Å². The topological polar surface area (TPSA) is 3.24 Å². The van der Waals surface area contributed by atoms with Crippen molar-refractivity contribution in [2.24, 2.45) is 5.92 Å². The smallest absolute Gasteiger partial charge is 0.00159 e. The predicted octanol–water partition coefficient (Wildman–Crippen LogP) is 3.41. The Balaban J connectivity index is 2.64. The molecule has 1 aliphatic heterocycles. The Morgan fingerprint density at radius 3 is 2.33 bits per heavy atom. The molecule has 0 bridgehead atoms. The summed E-state index contributed by atoms with van der Waals surface area (Å²) in [6.45, 7) is 6.63. The second kappa shape index (κ2) is 6.62. The summed E-state index contributed by atoms with van der Waals surface area (Å²) in [5.74, 6) is 0.758. The van der Waals surface area contributed by atoms with Crippen molar-refractivity contribution in [1.29, 1.82) is 0 Å². The van der Waals surface area contributed by atoms with E-state index in [1.54, 1.807) is 0 Å². The zero-order valence-electron chi connectivity index (χ0n) is 10.2. The minimum atomic E-state index is 0.758. The van der Waals surface area contributed by atoms with Gasteiger partial charge in [-0.3, -0.25) is 0 Å². The summed E-state index contributed by atoms with van der Waals surface area (Å²) in [5, 5.41) is 0. The molecule has 0 saturated carbocycles. The Hall–Kier alpha value is -0.820. The van der Waals surface area contributed by atoms with Gasteiger partial charge in [-0.1, -0.05) is 30.4 Å². The van der Waals surface area contributed by atoms with Crippen LogP contribution in [0.1, 0.15) is 26.7 Å². The highest BCUT2D eigenvalue weighted by Gasteiger charge is 2.18. The van der Waals surface area contributed by atoms with E-state index in [9.17, 15) is 0 Å². The SMILES string of the molecule is C\C=C/C=C(\C=C/C)C1CCN(C)CC1. The normalized spacial score (nSPS) is 21.9. The first-order valence-corrected chi connectivity index (χ1v) is 5.92. The van der Waals surface area contributed by atoms with E-state index in [-0.39, 0.29) is 0 Å². The zero-order chi connectivity index (χ0) is 11.1. The molecule has 0 aromatic heterocycles. The van der Waals surface area contributed by atoms with Crippen LogP contribution in [0.15, 0.2) is 36.0 Å². The van der Waals surface area contributed by atoms with E-state index < -0.39 is 0 Å². The van der Waals surface area contributed by atoms with Crippen LogP contribution in [0.3, 0.4) is 0 Å². The summed E-state index contributed by atoms with van der Waals surface area (Å²) in [6, 6.07) is 0. The molecule has 0 unspecified atom stereocenters. The molecule has 1 rings (SSSR count). The van der Waals surface area contributed by atoms with Crippen LogP contribution in [0.5, 0.6) is 0 Å². The molecule has 0 aliphatic carbocycles. The standard InChI is InChI=1S/C14H23N/c1-4-6-8-13(7-5-2)14-9-11-15(3)12-10-14/h4-8,14H,9-12H2,1-3H3/b6-4-,7-5-,13-8+. The lowest BCUT2D eigenvalue weighted by molar-refractivity contribution is 0.240. The lowest BCUT2D eigenvalue weighted by atomic mass is 9.88. The summed E-state index contributed by atoms with van der Waals surface area (Å²) in [4.78, 5) is 2.42. The van der Waals surface area contributed by atoms with Crippen LogP contribution in [0.2, 0.25) is 0 Å². The van der Waals surface area contributed by atoms with E-state index in [1.165, 1.54) is 31.5 Å². The first-order chi connectivity index (χ1) is 7.27. The first-order valence-electron chi connectivity index (χ1n) is 5.92. The van der Waals surface area contributed by atoms with Crippen LogP contribution in [0.4, 0.5) is 0 Å². The fourth-order valence-electron chi connectivity index (χ4n) is 2.07. The molecule has 1 heterocycles. The highest BCUT2D eigenvalue weighted by atomic mass is 15.1. The van der Waals surface area contributed by atoms with Crippen molar-refractivity contribution in [2.45, 2.75) is 26.7 Å². The molecule has 0 N–H and O–H groups in total. The summed E-state index contributed by atoms with van der Waals surface area (Å²) in [6.07, 6.45) is 13.5. The van der Waals surface area contributed by atoms with Gasteiger partial charge in [0.15, 0.2) is 0 Å². The maximum Gasteiger partial charge on any atom is -0.00159 e. The summed E-state index contributed by atoms with van der Waals surface area (Å²) in [5.41, 5.74) is 1.49. The largest absolute Gasteiger partial charge is 0.306 e. The van der Waals surface area contributed by atoms with E-state index in [1.807, 2.05) is 0 Å². The highest BCUT2D eigenvalue weighted by Crippen LogP contribution is 2.25. The number of allylic oxidation sites excluding steroid dienone is 6. The van der Waals surface area contributed by atoms with Crippen molar-refractivity contribution < 1.29 is 0 Å².